The summed E-state index contributed by atoms with van der Waals surface area (Å²) in [5.41, 5.74) is 0.827. The average molecular weight is 301 g/mol. The van der Waals surface area contributed by atoms with E-state index in [2.05, 4.69) is 0 Å². The summed E-state index contributed by atoms with van der Waals surface area (Å²) in [6, 6.07) is 9.12. The first-order valence-corrected chi connectivity index (χ1v) is 6.85. The number of quaternary nitrogens is 1. The second-order valence-corrected chi connectivity index (χ2v) is 5.31. The smallest absolute Gasteiger partial charge is 0.158 e. The van der Waals surface area contributed by atoms with Gasteiger partial charge in [-0.2, -0.15) is 0 Å². The zero-order valence-corrected chi connectivity index (χ0v) is 12.1. The van der Waals surface area contributed by atoms with E-state index in [9.17, 15) is 5.11 Å². The van der Waals surface area contributed by atoms with Gasteiger partial charge < -0.3 is 14.8 Å². The molecular weight excluding hydrogens is 285 g/mol. The Morgan fingerprint density at radius 1 is 1.26 bits per heavy atom. The summed E-state index contributed by atoms with van der Waals surface area (Å²) in [6.45, 7) is 3.10. The van der Waals surface area contributed by atoms with Gasteiger partial charge in [-0.05, 0) is 37.3 Å². The highest BCUT2D eigenvalue weighted by Crippen LogP contribution is 2.31. The molecule has 2 rings (SSSR count). The molecular formula is C14H16Cl2NO2+. The van der Waals surface area contributed by atoms with Crippen molar-refractivity contribution in [2.24, 2.45) is 0 Å². The Kier molecular flexibility index (Phi) is 4.88. The molecule has 1 atom stereocenters. The summed E-state index contributed by atoms with van der Waals surface area (Å²) in [5.74, 6) is 1.57. The van der Waals surface area contributed by atoms with Crippen LogP contribution in [0.4, 0.5) is 0 Å². The van der Waals surface area contributed by atoms with Crippen LogP contribution in [0.25, 0.3) is 11.3 Å². The van der Waals surface area contributed by atoms with Gasteiger partial charge in [0.1, 0.15) is 18.8 Å². The van der Waals surface area contributed by atoms with E-state index < -0.39 is 0 Å². The third-order valence-corrected chi connectivity index (χ3v) is 3.26. The van der Waals surface area contributed by atoms with Crippen molar-refractivity contribution in [2.75, 3.05) is 6.54 Å². The number of nitrogens with two attached hydrogens (primary N) is 1. The Morgan fingerprint density at radius 3 is 2.74 bits per heavy atom. The molecule has 0 unspecified atom stereocenters. The zero-order valence-electron chi connectivity index (χ0n) is 10.6. The van der Waals surface area contributed by atoms with Crippen LogP contribution in [0, 0.1) is 0 Å². The predicted molar refractivity (Wildman–Crippen MR) is 76.3 cm³/mol. The Labute approximate surface area is 122 Å². The summed E-state index contributed by atoms with van der Waals surface area (Å²) in [7, 11) is 0. The lowest BCUT2D eigenvalue weighted by atomic mass is 10.2. The van der Waals surface area contributed by atoms with Crippen LogP contribution in [0.3, 0.4) is 0 Å². The van der Waals surface area contributed by atoms with Gasteiger partial charge in [0.2, 0.25) is 0 Å². The van der Waals surface area contributed by atoms with Crippen molar-refractivity contribution >= 4 is 23.2 Å². The second-order valence-electron chi connectivity index (χ2n) is 4.47. The minimum absolute atomic E-state index is 0.319. The lowest BCUT2D eigenvalue weighted by molar-refractivity contribution is -0.677. The van der Waals surface area contributed by atoms with Crippen molar-refractivity contribution in [1.82, 2.24) is 0 Å². The van der Waals surface area contributed by atoms with Gasteiger partial charge >= 0.3 is 0 Å². The van der Waals surface area contributed by atoms with Gasteiger partial charge in [-0.1, -0.05) is 23.2 Å². The van der Waals surface area contributed by atoms with E-state index in [-0.39, 0.29) is 6.10 Å². The molecule has 0 aliphatic rings. The molecule has 0 saturated heterocycles. The number of benzene rings is 1. The molecule has 0 amide bonds. The van der Waals surface area contributed by atoms with E-state index >= 15 is 0 Å². The number of furan rings is 1. The summed E-state index contributed by atoms with van der Waals surface area (Å²) >= 11 is 12.0. The third-order valence-electron chi connectivity index (χ3n) is 2.71. The molecule has 19 heavy (non-hydrogen) atoms. The zero-order chi connectivity index (χ0) is 13.8. The van der Waals surface area contributed by atoms with Crippen LogP contribution in [0.15, 0.2) is 34.7 Å². The van der Waals surface area contributed by atoms with E-state index in [1.165, 1.54) is 0 Å². The number of hydrogen-bond acceptors (Lipinski definition) is 2. The molecule has 1 aromatic heterocycles. The van der Waals surface area contributed by atoms with Gasteiger partial charge in [0.15, 0.2) is 5.76 Å². The minimum atomic E-state index is -0.319. The molecule has 5 heteroatoms. The van der Waals surface area contributed by atoms with Crippen molar-refractivity contribution in [3.8, 4) is 11.3 Å². The fourth-order valence-electron chi connectivity index (χ4n) is 1.79. The number of rotatable bonds is 5. The number of halogens is 2. The summed E-state index contributed by atoms with van der Waals surface area (Å²) in [6.07, 6.45) is -0.319. The highest BCUT2D eigenvalue weighted by atomic mass is 35.5. The largest absolute Gasteiger partial charge is 0.455 e. The number of aliphatic hydroxyl groups excluding tert-OH is 1. The Balaban J connectivity index is 2.08. The molecule has 1 heterocycles. The van der Waals surface area contributed by atoms with Crippen molar-refractivity contribution in [3.63, 3.8) is 0 Å². The molecule has 3 N–H and O–H groups in total. The molecule has 102 valence electrons. The Bertz CT molecular complexity index is 552. The first-order chi connectivity index (χ1) is 9.06. The van der Waals surface area contributed by atoms with Crippen LogP contribution < -0.4 is 5.32 Å². The quantitative estimate of drug-likeness (QED) is 0.892. The third kappa shape index (κ3) is 3.98. The molecule has 0 aliphatic carbocycles. The van der Waals surface area contributed by atoms with E-state index in [0.717, 1.165) is 17.1 Å². The predicted octanol–water partition coefficient (Wildman–Crippen LogP) is 2.70. The van der Waals surface area contributed by atoms with Crippen LogP contribution in [0.5, 0.6) is 0 Å². The molecule has 0 bridgehead atoms. The molecule has 0 fully saturated rings. The molecule has 2 aromatic rings. The van der Waals surface area contributed by atoms with Crippen molar-refractivity contribution in [3.05, 3.63) is 46.1 Å². The molecule has 0 radical (unpaired) electrons. The lowest BCUT2D eigenvalue weighted by Crippen LogP contribution is -2.84. The summed E-state index contributed by atoms with van der Waals surface area (Å²) in [5, 5.41) is 12.4. The van der Waals surface area contributed by atoms with Crippen LogP contribution in [0.1, 0.15) is 12.7 Å². The fourth-order valence-corrected chi connectivity index (χ4v) is 2.29. The van der Waals surface area contributed by atoms with E-state index in [1.54, 1.807) is 19.1 Å². The topological polar surface area (TPSA) is 50.0 Å². The maximum Gasteiger partial charge on any atom is 0.158 e. The van der Waals surface area contributed by atoms with E-state index in [0.29, 0.717) is 23.1 Å². The van der Waals surface area contributed by atoms with Crippen LogP contribution in [-0.2, 0) is 6.54 Å². The van der Waals surface area contributed by atoms with Crippen molar-refractivity contribution in [1.29, 1.82) is 0 Å². The second kappa shape index (κ2) is 6.44. The molecule has 1 aromatic carbocycles. The molecule has 0 spiro atoms. The van der Waals surface area contributed by atoms with Crippen molar-refractivity contribution < 1.29 is 14.8 Å². The normalized spacial score (nSPS) is 12.6. The lowest BCUT2D eigenvalue weighted by Gasteiger charge is -2.03. The van der Waals surface area contributed by atoms with Gasteiger partial charge in [0, 0.05) is 10.6 Å². The molecule has 0 saturated carbocycles. The highest BCUT2D eigenvalue weighted by molar-refractivity contribution is 6.36. The van der Waals surface area contributed by atoms with E-state index in [4.69, 9.17) is 27.6 Å². The maximum absolute atomic E-state index is 9.18. The summed E-state index contributed by atoms with van der Waals surface area (Å²) in [4.78, 5) is 0. The van der Waals surface area contributed by atoms with Crippen molar-refractivity contribution in [2.45, 2.75) is 19.6 Å². The van der Waals surface area contributed by atoms with Gasteiger partial charge in [-0.3, -0.25) is 0 Å². The number of aliphatic hydroxyl groups is 1. The first kappa shape index (κ1) is 14.4. The van der Waals surface area contributed by atoms with Gasteiger partial charge in [0.05, 0.1) is 11.1 Å². The van der Waals surface area contributed by atoms with Gasteiger partial charge in [-0.15, -0.1) is 0 Å². The van der Waals surface area contributed by atoms with Crippen LogP contribution in [0.2, 0.25) is 10.0 Å². The first-order valence-electron chi connectivity index (χ1n) is 6.10. The summed E-state index contributed by atoms with van der Waals surface area (Å²) < 4.78 is 5.73. The van der Waals surface area contributed by atoms with Crippen LogP contribution in [-0.4, -0.2) is 17.8 Å². The Morgan fingerprint density at radius 2 is 2.05 bits per heavy atom. The molecule has 0 aliphatic heterocycles. The standard InChI is InChI=1S/C14H15Cl2NO2/c1-9(18)7-17-8-11-3-5-14(19-11)12-4-2-10(15)6-13(12)16/h2-6,9,17-18H,7-8H2,1H3/p+1/t9-/m1/s1. The van der Waals surface area contributed by atoms with Gasteiger partial charge in [0.25, 0.3) is 0 Å². The minimum Gasteiger partial charge on any atom is -0.455 e. The highest BCUT2D eigenvalue weighted by Gasteiger charge is 2.10. The monoisotopic (exact) mass is 300 g/mol. The number of hydrogen-bond donors (Lipinski definition) is 2. The Hall–Kier alpha value is -1.00. The van der Waals surface area contributed by atoms with E-state index in [1.807, 2.05) is 23.5 Å². The maximum atomic E-state index is 9.18. The SMILES string of the molecule is C[C@@H](O)C[NH2+]Cc1ccc(-c2ccc(Cl)cc2Cl)o1. The van der Waals surface area contributed by atoms with Crippen LogP contribution >= 0.6 is 23.2 Å². The van der Waals surface area contributed by atoms with Gasteiger partial charge in [-0.25, -0.2) is 0 Å². The molecule has 3 nitrogen and oxygen atoms in total. The average Bonchev–Trinajstić information content (AvgIpc) is 2.77. The fraction of sp³-hybridized carbons (Fsp3) is 0.286.